The Balaban J connectivity index is 2.45. The summed E-state index contributed by atoms with van der Waals surface area (Å²) in [5.74, 6) is -0.334. The zero-order valence-corrected chi connectivity index (χ0v) is 11.4. The lowest BCUT2D eigenvalue weighted by molar-refractivity contribution is 0.0602. The van der Waals surface area contributed by atoms with Gasteiger partial charge in [-0.3, -0.25) is 0 Å². The van der Waals surface area contributed by atoms with Crippen molar-refractivity contribution >= 4 is 17.3 Å². The van der Waals surface area contributed by atoms with Gasteiger partial charge in [0.2, 0.25) is 0 Å². The minimum Gasteiger partial charge on any atom is -0.465 e. The van der Waals surface area contributed by atoms with Gasteiger partial charge in [0.1, 0.15) is 0 Å². The molecule has 0 amide bonds. The molecule has 0 aliphatic carbocycles. The molecule has 98 valence electrons. The van der Waals surface area contributed by atoms with E-state index < -0.39 is 0 Å². The van der Waals surface area contributed by atoms with Crippen molar-refractivity contribution in [2.24, 2.45) is 0 Å². The molecule has 2 rings (SSSR count). The van der Waals surface area contributed by atoms with Gasteiger partial charge in [-0.15, -0.1) is 0 Å². The number of aryl methyl sites for hydroxylation is 2. The van der Waals surface area contributed by atoms with Crippen LogP contribution >= 0.6 is 0 Å². The fourth-order valence-corrected chi connectivity index (χ4v) is 1.96. The van der Waals surface area contributed by atoms with Crippen LogP contribution in [-0.2, 0) is 4.74 Å². The van der Waals surface area contributed by atoms with Crippen LogP contribution in [0.2, 0.25) is 0 Å². The van der Waals surface area contributed by atoms with E-state index in [1.165, 1.54) is 7.11 Å². The van der Waals surface area contributed by atoms with E-state index >= 15 is 0 Å². The topological polar surface area (TPSA) is 38.3 Å². The molecule has 0 saturated heterocycles. The Morgan fingerprint density at radius 1 is 1.00 bits per heavy atom. The van der Waals surface area contributed by atoms with E-state index in [-0.39, 0.29) is 5.97 Å². The number of carbonyl (C=O) groups is 1. The van der Waals surface area contributed by atoms with Crippen LogP contribution in [0.4, 0.5) is 11.4 Å². The lowest BCUT2D eigenvalue weighted by atomic mass is 10.1. The fourth-order valence-electron chi connectivity index (χ4n) is 1.96. The van der Waals surface area contributed by atoms with Crippen LogP contribution in [0.25, 0.3) is 0 Å². The van der Waals surface area contributed by atoms with Crippen LogP contribution in [-0.4, -0.2) is 13.1 Å². The van der Waals surface area contributed by atoms with Crippen molar-refractivity contribution in [1.82, 2.24) is 0 Å². The second-order valence-electron chi connectivity index (χ2n) is 4.43. The van der Waals surface area contributed by atoms with Crippen molar-refractivity contribution in [1.29, 1.82) is 0 Å². The number of esters is 1. The fraction of sp³-hybridized carbons (Fsp3) is 0.188. The van der Waals surface area contributed by atoms with Gasteiger partial charge >= 0.3 is 5.97 Å². The van der Waals surface area contributed by atoms with Crippen LogP contribution in [0.5, 0.6) is 0 Å². The van der Waals surface area contributed by atoms with Crippen LogP contribution < -0.4 is 5.32 Å². The molecule has 2 aromatic carbocycles. The minimum atomic E-state index is -0.334. The third kappa shape index (κ3) is 2.76. The van der Waals surface area contributed by atoms with Gasteiger partial charge in [0.25, 0.3) is 0 Å². The molecule has 3 nitrogen and oxygen atoms in total. The van der Waals surface area contributed by atoms with Gasteiger partial charge in [0, 0.05) is 5.69 Å². The van der Waals surface area contributed by atoms with E-state index in [1.807, 2.05) is 50.2 Å². The van der Waals surface area contributed by atoms with Gasteiger partial charge in [-0.2, -0.15) is 0 Å². The highest BCUT2D eigenvalue weighted by Crippen LogP contribution is 2.27. The van der Waals surface area contributed by atoms with Crippen molar-refractivity contribution in [3.63, 3.8) is 0 Å². The molecule has 0 radical (unpaired) electrons. The molecule has 0 aliphatic rings. The normalized spacial score (nSPS) is 10.1. The molecule has 0 aliphatic heterocycles. The molecule has 2 aromatic rings. The summed E-state index contributed by atoms with van der Waals surface area (Å²) in [6.07, 6.45) is 0. The smallest absolute Gasteiger partial charge is 0.339 e. The number of benzene rings is 2. The van der Waals surface area contributed by atoms with Gasteiger partial charge in [0.05, 0.1) is 18.4 Å². The molecular formula is C16H17NO2. The monoisotopic (exact) mass is 255 g/mol. The highest BCUT2D eigenvalue weighted by Gasteiger charge is 2.14. The van der Waals surface area contributed by atoms with Gasteiger partial charge < -0.3 is 10.1 Å². The highest BCUT2D eigenvalue weighted by molar-refractivity contribution is 5.97. The zero-order chi connectivity index (χ0) is 13.8. The summed E-state index contributed by atoms with van der Waals surface area (Å²) in [4.78, 5) is 11.8. The van der Waals surface area contributed by atoms with Crippen molar-refractivity contribution in [2.45, 2.75) is 13.8 Å². The Kier molecular flexibility index (Phi) is 3.85. The van der Waals surface area contributed by atoms with E-state index in [4.69, 9.17) is 4.74 Å². The Hall–Kier alpha value is -2.29. The average Bonchev–Trinajstić information content (AvgIpc) is 2.42. The van der Waals surface area contributed by atoms with Gasteiger partial charge in [0.15, 0.2) is 0 Å². The van der Waals surface area contributed by atoms with E-state index in [0.717, 1.165) is 22.5 Å². The summed E-state index contributed by atoms with van der Waals surface area (Å²) in [5.41, 5.74) is 4.46. The molecular weight excluding hydrogens is 238 g/mol. The maximum atomic E-state index is 11.8. The number of methoxy groups -OCH3 is 1. The first-order valence-electron chi connectivity index (χ1n) is 6.14. The van der Waals surface area contributed by atoms with Gasteiger partial charge in [-0.1, -0.05) is 30.3 Å². The number of para-hydroxylation sites is 2. The molecule has 0 atom stereocenters. The van der Waals surface area contributed by atoms with Gasteiger partial charge in [-0.25, -0.2) is 4.79 Å². The van der Waals surface area contributed by atoms with E-state index in [1.54, 1.807) is 6.07 Å². The highest BCUT2D eigenvalue weighted by atomic mass is 16.5. The lowest BCUT2D eigenvalue weighted by Gasteiger charge is -2.15. The second kappa shape index (κ2) is 5.57. The number of hydrogen-bond acceptors (Lipinski definition) is 3. The summed E-state index contributed by atoms with van der Waals surface area (Å²) in [7, 11) is 1.39. The molecule has 3 heteroatoms. The Morgan fingerprint density at radius 2 is 1.68 bits per heavy atom. The summed E-state index contributed by atoms with van der Waals surface area (Å²) in [5, 5.41) is 3.32. The molecule has 0 unspecified atom stereocenters. The van der Waals surface area contributed by atoms with Crippen molar-refractivity contribution in [3.05, 3.63) is 59.2 Å². The second-order valence-corrected chi connectivity index (χ2v) is 4.43. The Bertz CT molecular complexity index is 605. The number of rotatable bonds is 3. The zero-order valence-electron chi connectivity index (χ0n) is 11.4. The number of hydrogen-bond donors (Lipinski definition) is 1. The summed E-state index contributed by atoms with van der Waals surface area (Å²) < 4.78 is 4.82. The number of anilines is 2. The van der Waals surface area contributed by atoms with Crippen LogP contribution in [0.1, 0.15) is 21.5 Å². The molecule has 0 saturated carbocycles. The van der Waals surface area contributed by atoms with E-state index in [0.29, 0.717) is 5.56 Å². The quantitative estimate of drug-likeness (QED) is 0.847. The van der Waals surface area contributed by atoms with Gasteiger partial charge in [-0.05, 0) is 37.1 Å². The molecule has 0 fully saturated rings. The molecule has 19 heavy (non-hydrogen) atoms. The first-order valence-corrected chi connectivity index (χ1v) is 6.14. The van der Waals surface area contributed by atoms with E-state index in [9.17, 15) is 4.79 Å². The van der Waals surface area contributed by atoms with Crippen LogP contribution in [0.3, 0.4) is 0 Å². The lowest BCUT2D eigenvalue weighted by Crippen LogP contribution is -2.07. The molecule has 0 spiro atoms. The van der Waals surface area contributed by atoms with Crippen molar-refractivity contribution in [2.75, 3.05) is 12.4 Å². The van der Waals surface area contributed by atoms with Crippen molar-refractivity contribution < 1.29 is 9.53 Å². The first-order chi connectivity index (χ1) is 9.13. The predicted molar refractivity (Wildman–Crippen MR) is 77.0 cm³/mol. The maximum Gasteiger partial charge on any atom is 0.339 e. The van der Waals surface area contributed by atoms with E-state index in [2.05, 4.69) is 5.32 Å². The van der Waals surface area contributed by atoms with Crippen molar-refractivity contribution in [3.8, 4) is 0 Å². The molecule has 1 N–H and O–H groups in total. The Labute approximate surface area is 113 Å². The average molecular weight is 255 g/mol. The largest absolute Gasteiger partial charge is 0.465 e. The molecule has 0 aromatic heterocycles. The summed E-state index contributed by atoms with van der Waals surface area (Å²) >= 11 is 0. The molecule has 0 bridgehead atoms. The summed E-state index contributed by atoms with van der Waals surface area (Å²) in [6.45, 7) is 3.99. The number of carbonyl (C=O) groups excluding carboxylic acids is 1. The SMILES string of the molecule is COC(=O)c1cccc(C)c1Nc1ccccc1C. The number of ether oxygens (including phenoxy) is 1. The minimum absolute atomic E-state index is 0.334. The van der Waals surface area contributed by atoms with Crippen LogP contribution in [0, 0.1) is 13.8 Å². The maximum absolute atomic E-state index is 11.8. The molecule has 0 heterocycles. The summed E-state index contributed by atoms with van der Waals surface area (Å²) in [6, 6.07) is 13.5. The Morgan fingerprint density at radius 3 is 2.37 bits per heavy atom. The standard InChI is InChI=1S/C16H17NO2/c1-11-7-4-5-10-14(11)17-15-12(2)8-6-9-13(15)16(18)19-3/h4-10,17H,1-3H3. The van der Waals surface area contributed by atoms with Crippen LogP contribution in [0.15, 0.2) is 42.5 Å². The third-order valence-corrected chi connectivity index (χ3v) is 3.08. The number of nitrogens with one attached hydrogen (secondary N) is 1. The first kappa shape index (κ1) is 13.1. The predicted octanol–water partition coefficient (Wildman–Crippen LogP) is 3.83. The third-order valence-electron chi connectivity index (χ3n) is 3.08.